The van der Waals surface area contributed by atoms with E-state index < -0.39 is 17.2 Å². The predicted molar refractivity (Wildman–Crippen MR) is 59.5 cm³/mol. The van der Waals surface area contributed by atoms with Gasteiger partial charge in [0.15, 0.2) is 0 Å². The van der Waals surface area contributed by atoms with E-state index in [9.17, 15) is 14.3 Å². The molecule has 0 heterocycles. The summed E-state index contributed by atoms with van der Waals surface area (Å²) in [5.74, 6) is -1.06. The minimum atomic E-state index is -1.10. The number of carboxylic acid groups (broad SMARTS) is 1. The van der Waals surface area contributed by atoms with Crippen molar-refractivity contribution in [2.75, 3.05) is 7.11 Å². The lowest BCUT2D eigenvalue weighted by Crippen LogP contribution is -2.54. The lowest BCUT2D eigenvalue weighted by molar-refractivity contribution is -0.148. The van der Waals surface area contributed by atoms with E-state index in [1.54, 1.807) is 0 Å². The number of nitrogens with two attached hydrogens (primary N) is 1. The highest BCUT2D eigenvalue weighted by atomic mass is 19.1. The fourth-order valence-corrected chi connectivity index (χ4v) is 2.40. The van der Waals surface area contributed by atoms with E-state index >= 15 is 0 Å². The molecule has 1 aliphatic carbocycles. The molecule has 0 saturated heterocycles. The Balaban J connectivity index is 2.50. The van der Waals surface area contributed by atoms with E-state index in [4.69, 9.17) is 10.5 Å². The van der Waals surface area contributed by atoms with Gasteiger partial charge in [0, 0.05) is 11.6 Å². The summed E-state index contributed by atoms with van der Waals surface area (Å²) in [6.45, 7) is 0. The van der Waals surface area contributed by atoms with Crippen LogP contribution in [0.1, 0.15) is 18.4 Å². The van der Waals surface area contributed by atoms with Crippen LogP contribution in [0, 0.1) is 5.82 Å². The second kappa shape index (κ2) is 4.00. The third-order valence-corrected chi connectivity index (χ3v) is 3.31. The van der Waals surface area contributed by atoms with E-state index in [1.165, 1.54) is 25.3 Å². The zero-order chi connectivity index (χ0) is 12.6. The quantitative estimate of drug-likeness (QED) is 0.833. The predicted octanol–water partition coefficient (Wildman–Crippen LogP) is 1.28. The molecule has 4 nitrogen and oxygen atoms in total. The first-order valence-electron chi connectivity index (χ1n) is 5.32. The number of carboxylic acids is 1. The van der Waals surface area contributed by atoms with Gasteiger partial charge in [-0.1, -0.05) is 0 Å². The summed E-state index contributed by atoms with van der Waals surface area (Å²) in [7, 11) is 1.44. The van der Waals surface area contributed by atoms with Gasteiger partial charge in [0.05, 0.1) is 12.5 Å². The standard InChI is InChI=1S/C12H14FNO3/c1-17-10-3-2-7(13)4-9(10)12(11(15)16)5-8(14)6-12/h2-4,8H,5-6,14H2,1H3,(H,15,16). The number of rotatable bonds is 3. The normalized spacial score (nSPS) is 27.4. The first kappa shape index (κ1) is 11.9. The van der Waals surface area contributed by atoms with Gasteiger partial charge < -0.3 is 15.6 Å². The molecule has 0 radical (unpaired) electrons. The molecule has 0 spiro atoms. The number of aliphatic carboxylic acids is 1. The Morgan fingerprint density at radius 3 is 2.71 bits per heavy atom. The summed E-state index contributed by atoms with van der Waals surface area (Å²) in [6.07, 6.45) is 0.615. The smallest absolute Gasteiger partial charge is 0.314 e. The Morgan fingerprint density at radius 1 is 1.59 bits per heavy atom. The number of ether oxygens (including phenoxy) is 1. The second-order valence-corrected chi connectivity index (χ2v) is 4.40. The Bertz CT molecular complexity index is 455. The highest BCUT2D eigenvalue weighted by Gasteiger charge is 2.52. The van der Waals surface area contributed by atoms with Gasteiger partial charge in [0.25, 0.3) is 0 Å². The number of halogens is 1. The third-order valence-electron chi connectivity index (χ3n) is 3.31. The van der Waals surface area contributed by atoms with Crippen molar-refractivity contribution in [3.8, 4) is 5.75 Å². The summed E-state index contributed by atoms with van der Waals surface area (Å²) in [5.41, 5.74) is 4.93. The summed E-state index contributed by atoms with van der Waals surface area (Å²) in [5, 5.41) is 9.33. The average Bonchev–Trinajstić information content (AvgIpc) is 2.24. The monoisotopic (exact) mass is 239 g/mol. The minimum absolute atomic E-state index is 0.154. The zero-order valence-electron chi connectivity index (χ0n) is 9.44. The lowest BCUT2D eigenvalue weighted by atomic mass is 9.61. The molecule has 1 saturated carbocycles. The van der Waals surface area contributed by atoms with E-state index in [1.807, 2.05) is 0 Å². The number of carbonyl (C=O) groups is 1. The highest BCUT2D eigenvalue weighted by Crippen LogP contribution is 2.46. The van der Waals surface area contributed by atoms with Crippen LogP contribution in [-0.2, 0) is 10.2 Å². The number of hydrogen-bond donors (Lipinski definition) is 2. The molecule has 1 fully saturated rings. The molecule has 92 valence electrons. The van der Waals surface area contributed by atoms with Crippen LogP contribution in [0.3, 0.4) is 0 Å². The summed E-state index contributed by atoms with van der Waals surface area (Å²) in [4.78, 5) is 11.4. The molecular formula is C12H14FNO3. The van der Waals surface area contributed by atoms with Crippen LogP contribution in [0.15, 0.2) is 18.2 Å². The van der Waals surface area contributed by atoms with Crippen LogP contribution in [0.4, 0.5) is 4.39 Å². The molecule has 1 aliphatic rings. The van der Waals surface area contributed by atoms with Crippen LogP contribution in [0.2, 0.25) is 0 Å². The molecule has 0 aliphatic heterocycles. The molecule has 1 aromatic rings. The van der Waals surface area contributed by atoms with E-state index in [-0.39, 0.29) is 6.04 Å². The van der Waals surface area contributed by atoms with Crippen LogP contribution >= 0.6 is 0 Å². The SMILES string of the molecule is COc1ccc(F)cc1C1(C(=O)O)CC(N)C1. The number of benzene rings is 1. The first-order chi connectivity index (χ1) is 7.99. The van der Waals surface area contributed by atoms with Crippen molar-refractivity contribution in [1.29, 1.82) is 0 Å². The zero-order valence-corrected chi connectivity index (χ0v) is 9.44. The fourth-order valence-electron chi connectivity index (χ4n) is 2.40. The van der Waals surface area contributed by atoms with E-state index in [0.29, 0.717) is 24.2 Å². The van der Waals surface area contributed by atoms with E-state index in [0.717, 1.165) is 0 Å². The van der Waals surface area contributed by atoms with Crippen LogP contribution < -0.4 is 10.5 Å². The van der Waals surface area contributed by atoms with Gasteiger partial charge in [-0.2, -0.15) is 0 Å². The molecule has 0 unspecified atom stereocenters. The van der Waals surface area contributed by atoms with Crippen molar-refractivity contribution in [2.24, 2.45) is 5.73 Å². The molecule has 5 heteroatoms. The van der Waals surface area contributed by atoms with Gasteiger partial charge in [-0.15, -0.1) is 0 Å². The summed E-state index contributed by atoms with van der Waals surface area (Å²) < 4.78 is 18.4. The molecule has 0 bridgehead atoms. The molecule has 1 aromatic carbocycles. The van der Waals surface area contributed by atoms with Crippen LogP contribution in [0.5, 0.6) is 5.75 Å². The molecule has 3 N–H and O–H groups in total. The maximum atomic E-state index is 13.3. The third kappa shape index (κ3) is 1.76. The first-order valence-corrected chi connectivity index (χ1v) is 5.32. The van der Waals surface area contributed by atoms with Gasteiger partial charge in [-0.3, -0.25) is 4.79 Å². The van der Waals surface area contributed by atoms with Gasteiger partial charge in [0.1, 0.15) is 11.6 Å². The topological polar surface area (TPSA) is 72.5 Å². The molecule has 0 atom stereocenters. The number of hydrogen-bond acceptors (Lipinski definition) is 3. The average molecular weight is 239 g/mol. The van der Waals surface area contributed by atoms with Crippen molar-refractivity contribution in [3.63, 3.8) is 0 Å². The second-order valence-electron chi connectivity index (χ2n) is 4.40. The molecule has 17 heavy (non-hydrogen) atoms. The van der Waals surface area contributed by atoms with E-state index in [2.05, 4.69) is 0 Å². The molecule has 2 rings (SSSR count). The number of methoxy groups -OCH3 is 1. The molecule has 0 amide bonds. The Labute approximate surface area is 98.2 Å². The molecule has 0 aromatic heterocycles. The summed E-state index contributed by atoms with van der Waals surface area (Å²) in [6, 6.07) is 3.76. The van der Waals surface area contributed by atoms with Crippen LogP contribution in [0.25, 0.3) is 0 Å². The van der Waals surface area contributed by atoms with Crippen LogP contribution in [-0.4, -0.2) is 24.2 Å². The lowest BCUT2D eigenvalue weighted by Gasteiger charge is -2.43. The Hall–Kier alpha value is -1.62. The maximum absolute atomic E-state index is 13.3. The molecular weight excluding hydrogens is 225 g/mol. The maximum Gasteiger partial charge on any atom is 0.314 e. The van der Waals surface area contributed by atoms with Gasteiger partial charge >= 0.3 is 5.97 Å². The van der Waals surface area contributed by atoms with Gasteiger partial charge in [-0.05, 0) is 31.0 Å². The van der Waals surface area contributed by atoms with Crippen molar-refractivity contribution in [1.82, 2.24) is 0 Å². The van der Waals surface area contributed by atoms with Crippen molar-refractivity contribution >= 4 is 5.97 Å². The van der Waals surface area contributed by atoms with Crippen molar-refractivity contribution < 1.29 is 19.0 Å². The fraction of sp³-hybridized carbons (Fsp3) is 0.417. The van der Waals surface area contributed by atoms with Gasteiger partial charge in [-0.25, -0.2) is 4.39 Å². The highest BCUT2D eigenvalue weighted by molar-refractivity contribution is 5.84. The van der Waals surface area contributed by atoms with Gasteiger partial charge in [0.2, 0.25) is 0 Å². The van der Waals surface area contributed by atoms with Crippen molar-refractivity contribution in [2.45, 2.75) is 24.3 Å². The van der Waals surface area contributed by atoms with Crippen molar-refractivity contribution in [3.05, 3.63) is 29.6 Å². The Morgan fingerprint density at radius 2 is 2.24 bits per heavy atom. The largest absolute Gasteiger partial charge is 0.496 e. The minimum Gasteiger partial charge on any atom is -0.496 e. The Kier molecular flexibility index (Phi) is 2.79. The summed E-state index contributed by atoms with van der Waals surface area (Å²) >= 11 is 0.